The molecular formula is C24H22N4O4S2. The topological polar surface area (TPSA) is 101 Å². The Labute approximate surface area is 203 Å². The lowest BCUT2D eigenvalue weighted by Crippen LogP contribution is -2.37. The van der Waals surface area contributed by atoms with E-state index in [0.717, 1.165) is 53.0 Å². The molecule has 0 spiro atoms. The van der Waals surface area contributed by atoms with Gasteiger partial charge in [0.15, 0.2) is 0 Å². The summed E-state index contributed by atoms with van der Waals surface area (Å²) in [6.07, 6.45) is 5.49. The minimum Gasteiger partial charge on any atom is -0.350 e. The number of aromatic nitrogens is 2. The van der Waals surface area contributed by atoms with Crippen molar-refractivity contribution < 1.29 is 14.4 Å². The van der Waals surface area contributed by atoms with Crippen LogP contribution >= 0.6 is 23.1 Å². The predicted octanol–water partition coefficient (Wildman–Crippen LogP) is 3.65. The zero-order chi connectivity index (χ0) is 23.7. The summed E-state index contributed by atoms with van der Waals surface area (Å²) in [4.78, 5) is 57.5. The Kier molecular flexibility index (Phi) is 6.34. The van der Waals surface area contributed by atoms with E-state index in [1.807, 2.05) is 17.5 Å². The fourth-order valence-electron chi connectivity index (χ4n) is 4.14. The Bertz CT molecular complexity index is 1380. The molecule has 0 aliphatic carbocycles. The number of aryl methyl sites for hydroxylation is 1. The lowest BCUT2D eigenvalue weighted by molar-refractivity contribution is -0.122. The molecule has 0 radical (unpaired) electrons. The van der Waals surface area contributed by atoms with Crippen molar-refractivity contribution in [2.75, 3.05) is 13.1 Å². The molecule has 5 rings (SSSR count). The van der Waals surface area contributed by atoms with Gasteiger partial charge >= 0.3 is 0 Å². The van der Waals surface area contributed by atoms with Gasteiger partial charge in [0, 0.05) is 36.5 Å². The van der Waals surface area contributed by atoms with Gasteiger partial charge in [0.05, 0.1) is 15.8 Å². The second-order valence-electron chi connectivity index (χ2n) is 8.13. The quantitative estimate of drug-likeness (QED) is 0.544. The second kappa shape index (κ2) is 9.55. The van der Waals surface area contributed by atoms with Crippen LogP contribution in [0, 0.1) is 0 Å². The fraction of sp³-hybridized carbons (Fsp3) is 0.292. The maximum Gasteiger partial charge on any atom is 0.293 e. The third kappa shape index (κ3) is 4.43. The van der Waals surface area contributed by atoms with Crippen LogP contribution in [0.3, 0.4) is 0 Å². The number of benzene rings is 1. The number of hydrogen-bond acceptors (Lipinski definition) is 7. The number of hydrogen-bond donors (Lipinski definition) is 1. The minimum absolute atomic E-state index is 0.0659. The fourth-order valence-corrected chi connectivity index (χ4v) is 5.73. The highest BCUT2D eigenvalue weighted by Crippen LogP contribution is 2.32. The first-order valence-electron chi connectivity index (χ1n) is 11.1. The molecule has 2 aromatic heterocycles. The molecule has 2 aliphatic heterocycles. The third-order valence-electron chi connectivity index (χ3n) is 5.89. The first kappa shape index (κ1) is 22.5. The number of carbonyl (C=O) groups is 3. The number of fused-ring (bicyclic) bond motifs is 2. The van der Waals surface area contributed by atoms with E-state index in [2.05, 4.69) is 10.3 Å². The molecule has 4 heterocycles. The van der Waals surface area contributed by atoms with E-state index in [-0.39, 0.29) is 35.7 Å². The largest absolute Gasteiger partial charge is 0.350 e. The Hall–Kier alpha value is -3.24. The molecular weight excluding hydrogens is 472 g/mol. The average molecular weight is 495 g/mol. The van der Waals surface area contributed by atoms with Crippen molar-refractivity contribution >= 4 is 57.1 Å². The molecule has 10 heteroatoms. The van der Waals surface area contributed by atoms with Crippen molar-refractivity contribution in [3.05, 3.63) is 67.2 Å². The van der Waals surface area contributed by atoms with Gasteiger partial charge < -0.3 is 5.32 Å². The van der Waals surface area contributed by atoms with Gasteiger partial charge in [-0.05, 0) is 60.3 Å². The number of rotatable bonds is 5. The summed E-state index contributed by atoms with van der Waals surface area (Å²) in [6, 6.07) is 8.63. The molecule has 0 atom stereocenters. The second-order valence-corrected chi connectivity index (χ2v) is 10.1. The highest BCUT2D eigenvalue weighted by molar-refractivity contribution is 8.18. The molecule has 1 saturated heterocycles. The van der Waals surface area contributed by atoms with E-state index < -0.39 is 0 Å². The van der Waals surface area contributed by atoms with Crippen molar-refractivity contribution in [3.63, 3.8) is 0 Å². The Morgan fingerprint density at radius 3 is 2.85 bits per heavy atom. The van der Waals surface area contributed by atoms with Crippen LogP contribution in [0.5, 0.6) is 0 Å². The van der Waals surface area contributed by atoms with Gasteiger partial charge in [0.1, 0.15) is 5.82 Å². The van der Waals surface area contributed by atoms with Gasteiger partial charge in [-0.2, -0.15) is 0 Å². The lowest BCUT2D eigenvalue weighted by Gasteiger charge is -2.13. The van der Waals surface area contributed by atoms with E-state index in [1.165, 1.54) is 11.3 Å². The number of thiophene rings is 1. The van der Waals surface area contributed by atoms with Gasteiger partial charge in [-0.25, -0.2) is 4.98 Å². The number of nitrogens with zero attached hydrogens (tertiary/aromatic N) is 3. The van der Waals surface area contributed by atoms with Crippen LogP contribution in [-0.2, 0) is 17.8 Å². The summed E-state index contributed by atoms with van der Waals surface area (Å²) in [5, 5.41) is 4.81. The van der Waals surface area contributed by atoms with Crippen LogP contribution in [0.1, 0.15) is 40.3 Å². The summed E-state index contributed by atoms with van der Waals surface area (Å²) >= 11 is 2.39. The SMILES string of the molecule is O=C(NCCN1C(=O)SC(=Cc2cccs2)C1=O)c1ccc2c(=O)n3c(nc2c1)CCCCC3. The van der Waals surface area contributed by atoms with Gasteiger partial charge in [-0.1, -0.05) is 12.5 Å². The molecule has 1 N–H and O–H groups in total. The lowest BCUT2D eigenvalue weighted by atomic mass is 10.1. The molecule has 1 aromatic carbocycles. The summed E-state index contributed by atoms with van der Waals surface area (Å²) in [7, 11) is 0. The van der Waals surface area contributed by atoms with Gasteiger partial charge in [0.25, 0.3) is 22.6 Å². The maximum atomic E-state index is 12.9. The molecule has 8 nitrogen and oxygen atoms in total. The van der Waals surface area contributed by atoms with Crippen LogP contribution < -0.4 is 10.9 Å². The molecule has 3 amide bonds. The number of carbonyl (C=O) groups excluding carboxylic acids is 3. The van der Waals surface area contributed by atoms with Crippen molar-refractivity contribution in [3.8, 4) is 0 Å². The van der Waals surface area contributed by atoms with Crippen molar-refractivity contribution in [2.24, 2.45) is 0 Å². The van der Waals surface area contributed by atoms with Gasteiger partial charge in [0.2, 0.25) is 0 Å². The van der Waals surface area contributed by atoms with Crippen LogP contribution in [-0.4, -0.2) is 44.6 Å². The zero-order valence-electron chi connectivity index (χ0n) is 18.3. The molecule has 0 unspecified atom stereocenters. The number of thioether (sulfide) groups is 1. The summed E-state index contributed by atoms with van der Waals surface area (Å²) in [5.74, 6) is 0.0658. The highest BCUT2D eigenvalue weighted by Gasteiger charge is 2.34. The standard InChI is InChI=1S/C24H22N4O4S2/c29-21(25-9-11-28-23(31)19(34-24(28)32)14-16-5-4-12-33-16)15-7-8-17-18(13-15)26-20-6-2-1-3-10-27(20)22(17)30/h4-5,7-8,12-14H,1-3,6,9-11H2,(H,25,29). The summed E-state index contributed by atoms with van der Waals surface area (Å²) in [5.41, 5.74) is 0.823. The van der Waals surface area contributed by atoms with Crippen molar-refractivity contribution in [2.45, 2.75) is 32.2 Å². The van der Waals surface area contributed by atoms with Crippen LogP contribution in [0.25, 0.3) is 17.0 Å². The molecule has 174 valence electrons. The highest BCUT2D eigenvalue weighted by atomic mass is 32.2. The number of imide groups is 1. The van der Waals surface area contributed by atoms with E-state index in [4.69, 9.17) is 0 Å². The smallest absolute Gasteiger partial charge is 0.293 e. The maximum absolute atomic E-state index is 12.9. The molecule has 34 heavy (non-hydrogen) atoms. The Morgan fingerprint density at radius 1 is 1.15 bits per heavy atom. The number of nitrogens with one attached hydrogen (secondary N) is 1. The van der Waals surface area contributed by atoms with Crippen molar-refractivity contribution in [1.29, 1.82) is 0 Å². The molecule has 3 aromatic rings. The predicted molar refractivity (Wildman–Crippen MR) is 133 cm³/mol. The van der Waals surface area contributed by atoms with E-state index in [1.54, 1.807) is 28.8 Å². The zero-order valence-corrected chi connectivity index (χ0v) is 19.9. The summed E-state index contributed by atoms with van der Waals surface area (Å²) in [6.45, 7) is 0.885. The Balaban J connectivity index is 1.26. The molecule has 0 saturated carbocycles. The first-order valence-corrected chi connectivity index (χ1v) is 12.8. The average Bonchev–Trinajstić information content (AvgIpc) is 3.34. The first-order chi connectivity index (χ1) is 16.5. The van der Waals surface area contributed by atoms with Gasteiger partial charge in [-0.15, -0.1) is 11.3 Å². The molecule has 2 aliphatic rings. The summed E-state index contributed by atoms with van der Waals surface area (Å²) < 4.78 is 1.75. The Morgan fingerprint density at radius 2 is 2.03 bits per heavy atom. The van der Waals surface area contributed by atoms with E-state index >= 15 is 0 Å². The normalized spacial score (nSPS) is 17.3. The van der Waals surface area contributed by atoms with E-state index in [0.29, 0.717) is 27.9 Å². The molecule has 0 bridgehead atoms. The number of amides is 3. The van der Waals surface area contributed by atoms with Crippen molar-refractivity contribution in [1.82, 2.24) is 19.8 Å². The monoisotopic (exact) mass is 494 g/mol. The van der Waals surface area contributed by atoms with Crippen LogP contribution in [0.2, 0.25) is 0 Å². The van der Waals surface area contributed by atoms with Gasteiger partial charge in [-0.3, -0.25) is 28.6 Å². The van der Waals surface area contributed by atoms with Crippen LogP contribution in [0.15, 0.2) is 45.4 Å². The minimum atomic E-state index is -0.353. The van der Waals surface area contributed by atoms with Crippen LogP contribution in [0.4, 0.5) is 4.79 Å². The van der Waals surface area contributed by atoms with E-state index in [9.17, 15) is 19.2 Å². The third-order valence-corrected chi connectivity index (χ3v) is 7.62. The molecule has 1 fully saturated rings.